The molecule has 1 aromatic heterocycles. The van der Waals surface area contributed by atoms with Gasteiger partial charge in [0.05, 0.1) is 10.2 Å². The van der Waals surface area contributed by atoms with Gasteiger partial charge in [-0.15, -0.1) is 0 Å². The van der Waals surface area contributed by atoms with Crippen molar-refractivity contribution in [1.82, 2.24) is 4.98 Å². The van der Waals surface area contributed by atoms with Gasteiger partial charge in [-0.2, -0.15) is 0 Å². The van der Waals surface area contributed by atoms with Gasteiger partial charge in [-0.25, -0.2) is 4.98 Å². The van der Waals surface area contributed by atoms with Crippen LogP contribution in [0.25, 0.3) is 10.2 Å². The Bertz CT molecular complexity index is 911. The maximum Gasteiger partial charge on any atom is 0.257 e. The van der Waals surface area contributed by atoms with E-state index in [0.717, 1.165) is 10.2 Å². The Morgan fingerprint density at radius 3 is 2.33 bits per heavy atom. The van der Waals surface area contributed by atoms with Gasteiger partial charge in [0, 0.05) is 11.1 Å². The zero-order chi connectivity index (χ0) is 17.3. The number of para-hydroxylation sites is 1. The van der Waals surface area contributed by atoms with E-state index in [9.17, 15) is 9.59 Å². The van der Waals surface area contributed by atoms with Crippen molar-refractivity contribution in [2.75, 3.05) is 5.32 Å². The molecule has 3 aromatic rings. The first-order valence-corrected chi connectivity index (χ1v) is 8.59. The topological polar surface area (TPSA) is 59.1 Å². The Hall–Kier alpha value is -2.53. The van der Waals surface area contributed by atoms with Crippen molar-refractivity contribution in [3.05, 3.63) is 59.2 Å². The highest BCUT2D eigenvalue weighted by Crippen LogP contribution is 2.31. The smallest absolute Gasteiger partial charge is 0.257 e. The van der Waals surface area contributed by atoms with Gasteiger partial charge < -0.3 is 0 Å². The van der Waals surface area contributed by atoms with Crippen molar-refractivity contribution in [3.8, 4) is 0 Å². The fourth-order valence-corrected chi connectivity index (χ4v) is 3.41. The molecule has 1 heterocycles. The van der Waals surface area contributed by atoms with Crippen molar-refractivity contribution in [2.45, 2.75) is 26.7 Å². The number of thiazole rings is 1. The normalized spacial score (nSPS) is 11.0. The average molecular weight is 338 g/mol. The summed E-state index contributed by atoms with van der Waals surface area (Å²) in [6.45, 7) is 5.76. The van der Waals surface area contributed by atoms with Crippen LogP contribution in [0.15, 0.2) is 42.5 Å². The number of benzene rings is 2. The summed E-state index contributed by atoms with van der Waals surface area (Å²) in [6.07, 6.45) is 0. The highest BCUT2D eigenvalue weighted by Gasteiger charge is 2.13. The molecule has 0 aliphatic rings. The van der Waals surface area contributed by atoms with Crippen LogP contribution in [0.1, 0.15) is 53.0 Å². The third-order valence-electron chi connectivity index (χ3n) is 3.85. The quantitative estimate of drug-likeness (QED) is 0.690. The molecule has 0 radical (unpaired) electrons. The lowest BCUT2D eigenvalue weighted by molar-refractivity contribution is 0.101. The molecule has 0 saturated carbocycles. The first-order chi connectivity index (χ1) is 11.5. The number of nitrogens with one attached hydrogen (secondary N) is 1. The van der Waals surface area contributed by atoms with E-state index in [1.54, 1.807) is 24.3 Å². The van der Waals surface area contributed by atoms with Crippen molar-refractivity contribution in [3.63, 3.8) is 0 Å². The molecule has 0 saturated heterocycles. The molecule has 5 heteroatoms. The molecular weight excluding hydrogens is 320 g/mol. The van der Waals surface area contributed by atoms with Crippen LogP contribution in [0.3, 0.4) is 0 Å². The van der Waals surface area contributed by atoms with Crippen LogP contribution in [0, 0.1) is 0 Å². The minimum Gasteiger partial charge on any atom is -0.298 e. The Morgan fingerprint density at radius 2 is 1.71 bits per heavy atom. The first-order valence-electron chi connectivity index (χ1n) is 7.77. The number of carbonyl (C=O) groups excluding carboxylic acids is 2. The fraction of sp³-hybridized carbons (Fsp3) is 0.211. The van der Waals surface area contributed by atoms with Gasteiger partial charge in [-0.3, -0.25) is 14.9 Å². The second-order valence-electron chi connectivity index (χ2n) is 5.96. The third-order valence-corrected chi connectivity index (χ3v) is 4.78. The summed E-state index contributed by atoms with van der Waals surface area (Å²) in [6, 6.07) is 12.7. The maximum atomic E-state index is 12.4. The van der Waals surface area contributed by atoms with Crippen LogP contribution in [0.4, 0.5) is 5.13 Å². The van der Waals surface area contributed by atoms with Gasteiger partial charge in [0.2, 0.25) is 0 Å². The number of ketones is 1. The molecule has 24 heavy (non-hydrogen) atoms. The van der Waals surface area contributed by atoms with Crippen molar-refractivity contribution >= 4 is 38.4 Å². The van der Waals surface area contributed by atoms with E-state index >= 15 is 0 Å². The Kier molecular flexibility index (Phi) is 4.44. The lowest BCUT2D eigenvalue weighted by Crippen LogP contribution is -2.11. The number of rotatable bonds is 4. The number of hydrogen-bond acceptors (Lipinski definition) is 4. The minimum absolute atomic E-state index is 0.0191. The molecule has 1 N–H and O–H groups in total. The fourth-order valence-electron chi connectivity index (χ4n) is 2.51. The van der Waals surface area contributed by atoms with Gasteiger partial charge in [-0.05, 0) is 36.6 Å². The van der Waals surface area contributed by atoms with Crippen LogP contribution in [0.2, 0.25) is 0 Å². The van der Waals surface area contributed by atoms with Crippen LogP contribution < -0.4 is 5.32 Å². The molecule has 0 atom stereocenters. The number of aromatic nitrogens is 1. The summed E-state index contributed by atoms with van der Waals surface area (Å²) in [5.41, 5.74) is 3.21. The molecule has 4 nitrogen and oxygen atoms in total. The van der Waals surface area contributed by atoms with E-state index < -0.39 is 0 Å². The molecule has 0 aliphatic heterocycles. The number of anilines is 1. The Labute approximate surface area is 144 Å². The lowest BCUT2D eigenvalue weighted by Gasteiger charge is -2.04. The highest BCUT2D eigenvalue weighted by molar-refractivity contribution is 7.22. The number of Topliss-reactive ketones (excluding diaryl/α,β-unsaturated/α-hetero) is 1. The summed E-state index contributed by atoms with van der Waals surface area (Å²) >= 11 is 1.46. The number of hydrogen-bond donors (Lipinski definition) is 1. The van der Waals surface area contributed by atoms with Gasteiger partial charge in [0.25, 0.3) is 5.91 Å². The molecule has 2 aromatic carbocycles. The van der Waals surface area contributed by atoms with E-state index in [2.05, 4.69) is 30.2 Å². The van der Waals surface area contributed by atoms with Crippen LogP contribution in [-0.4, -0.2) is 16.7 Å². The molecule has 0 unspecified atom stereocenters. The molecule has 0 aliphatic carbocycles. The minimum atomic E-state index is -0.227. The predicted octanol–water partition coefficient (Wildman–Crippen LogP) is 4.87. The molecule has 3 rings (SSSR count). The van der Waals surface area contributed by atoms with Gasteiger partial charge >= 0.3 is 0 Å². The monoisotopic (exact) mass is 338 g/mol. The summed E-state index contributed by atoms with van der Waals surface area (Å²) in [7, 11) is 0. The van der Waals surface area contributed by atoms with E-state index in [0.29, 0.717) is 22.2 Å². The lowest BCUT2D eigenvalue weighted by atomic mass is 10.0. The SMILES string of the molecule is CC(=O)c1ccc(C(=O)Nc2nc3c(C(C)C)cccc3s2)cc1. The van der Waals surface area contributed by atoms with E-state index in [4.69, 9.17) is 0 Å². The van der Waals surface area contributed by atoms with Crippen LogP contribution in [-0.2, 0) is 0 Å². The molecular formula is C19H18N2O2S. The Morgan fingerprint density at radius 1 is 1.04 bits per heavy atom. The summed E-state index contributed by atoms with van der Waals surface area (Å²) in [4.78, 5) is 28.2. The number of nitrogens with zero attached hydrogens (tertiary/aromatic N) is 1. The molecule has 0 bridgehead atoms. The standard InChI is InChI=1S/C19H18N2O2S/c1-11(2)15-5-4-6-16-17(15)20-19(24-16)21-18(23)14-9-7-13(8-10-14)12(3)22/h4-11H,1-3H3,(H,20,21,23). The van der Waals surface area contributed by atoms with E-state index in [1.807, 2.05) is 12.1 Å². The van der Waals surface area contributed by atoms with Gasteiger partial charge in [0.15, 0.2) is 10.9 Å². The molecule has 1 amide bonds. The summed E-state index contributed by atoms with van der Waals surface area (Å²) in [5.74, 6) is 0.128. The van der Waals surface area contributed by atoms with E-state index in [-0.39, 0.29) is 11.7 Å². The number of amides is 1. The highest BCUT2D eigenvalue weighted by atomic mass is 32.1. The summed E-state index contributed by atoms with van der Waals surface area (Å²) in [5, 5.41) is 3.43. The zero-order valence-electron chi connectivity index (χ0n) is 13.8. The van der Waals surface area contributed by atoms with Crippen LogP contribution in [0.5, 0.6) is 0 Å². The second kappa shape index (κ2) is 6.53. The predicted molar refractivity (Wildman–Crippen MR) is 98.1 cm³/mol. The third kappa shape index (κ3) is 3.21. The number of carbonyl (C=O) groups is 2. The molecule has 0 fully saturated rings. The first kappa shape index (κ1) is 16.3. The van der Waals surface area contributed by atoms with Crippen molar-refractivity contribution < 1.29 is 9.59 Å². The zero-order valence-corrected chi connectivity index (χ0v) is 14.6. The van der Waals surface area contributed by atoms with Gasteiger partial charge in [0.1, 0.15) is 0 Å². The Balaban J connectivity index is 1.85. The van der Waals surface area contributed by atoms with Crippen molar-refractivity contribution in [2.24, 2.45) is 0 Å². The van der Waals surface area contributed by atoms with Gasteiger partial charge in [-0.1, -0.05) is 49.4 Å². The van der Waals surface area contributed by atoms with E-state index in [1.165, 1.54) is 23.8 Å². The molecule has 0 spiro atoms. The van der Waals surface area contributed by atoms with Crippen molar-refractivity contribution in [1.29, 1.82) is 0 Å². The average Bonchev–Trinajstić information content (AvgIpc) is 2.96. The number of fused-ring (bicyclic) bond motifs is 1. The largest absolute Gasteiger partial charge is 0.298 e. The maximum absolute atomic E-state index is 12.4. The molecule has 122 valence electrons. The second-order valence-corrected chi connectivity index (χ2v) is 6.99. The summed E-state index contributed by atoms with van der Waals surface area (Å²) < 4.78 is 1.06. The van der Waals surface area contributed by atoms with Crippen LogP contribution >= 0.6 is 11.3 Å².